The van der Waals surface area contributed by atoms with Crippen LogP contribution in [0.15, 0.2) is 6.07 Å². The van der Waals surface area contributed by atoms with Crippen LogP contribution in [-0.2, 0) is 0 Å². The fourth-order valence-electron chi connectivity index (χ4n) is 1.44. The Morgan fingerprint density at radius 2 is 1.94 bits per heavy atom. The summed E-state index contributed by atoms with van der Waals surface area (Å²) in [7, 11) is 1.62. The first-order chi connectivity index (χ1) is 7.53. The topological polar surface area (TPSA) is 47.0 Å². The molecular weight excluding hydrogens is 202 g/mol. The third-order valence-electron chi connectivity index (χ3n) is 3.01. The summed E-state index contributed by atoms with van der Waals surface area (Å²) in [4.78, 5) is 8.52. The molecule has 0 aliphatic heterocycles. The molecule has 1 heterocycles. The molecular formula is C12H21N3O. The van der Waals surface area contributed by atoms with E-state index < -0.39 is 0 Å². The van der Waals surface area contributed by atoms with E-state index in [1.807, 2.05) is 13.0 Å². The lowest BCUT2D eigenvalue weighted by Gasteiger charge is -2.29. The van der Waals surface area contributed by atoms with Gasteiger partial charge in [0.1, 0.15) is 11.6 Å². The minimum atomic E-state index is 0.0752. The highest BCUT2D eigenvalue weighted by atomic mass is 16.5. The lowest BCUT2D eigenvalue weighted by atomic mass is 9.96. The molecule has 0 saturated carbocycles. The second-order valence-corrected chi connectivity index (χ2v) is 4.24. The van der Waals surface area contributed by atoms with Gasteiger partial charge in [0.15, 0.2) is 0 Å². The Bertz CT molecular complexity index is 348. The monoisotopic (exact) mass is 223 g/mol. The Hall–Kier alpha value is -1.32. The van der Waals surface area contributed by atoms with Crippen LogP contribution in [0.2, 0.25) is 0 Å². The zero-order chi connectivity index (χ0) is 12.2. The molecule has 0 aromatic carbocycles. The van der Waals surface area contributed by atoms with Crippen LogP contribution >= 0.6 is 0 Å². The summed E-state index contributed by atoms with van der Waals surface area (Å²) in [6, 6.07) is 1.83. The third kappa shape index (κ3) is 3.08. The third-order valence-corrected chi connectivity index (χ3v) is 3.01. The lowest BCUT2D eigenvalue weighted by Crippen LogP contribution is -2.33. The van der Waals surface area contributed by atoms with Crippen molar-refractivity contribution in [2.24, 2.45) is 0 Å². The number of nitrogens with one attached hydrogen (secondary N) is 1. The highest BCUT2D eigenvalue weighted by molar-refractivity contribution is 5.40. The highest BCUT2D eigenvalue weighted by Gasteiger charge is 2.19. The van der Waals surface area contributed by atoms with Crippen molar-refractivity contribution >= 4 is 5.82 Å². The average Bonchev–Trinajstić information content (AvgIpc) is 2.28. The van der Waals surface area contributed by atoms with Crippen LogP contribution < -0.4 is 10.1 Å². The first-order valence-electron chi connectivity index (χ1n) is 5.71. The highest BCUT2D eigenvalue weighted by Crippen LogP contribution is 2.22. The van der Waals surface area contributed by atoms with Gasteiger partial charge in [0, 0.05) is 11.6 Å². The van der Waals surface area contributed by atoms with Gasteiger partial charge in [-0.15, -0.1) is 0 Å². The van der Waals surface area contributed by atoms with Crippen molar-refractivity contribution in [1.29, 1.82) is 0 Å². The summed E-state index contributed by atoms with van der Waals surface area (Å²) in [5.74, 6) is 2.15. The maximum atomic E-state index is 5.13. The van der Waals surface area contributed by atoms with Crippen LogP contribution in [0.25, 0.3) is 0 Å². The molecule has 0 amide bonds. The molecule has 0 spiro atoms. The van der Waals surface area contributed by atoms with Crippen molar-refractivity contribution < 1.29 is 4.74 Å². The number of hydrogen-bond acceptors (Lipinski definition) is 4. The standard InChI is InChI=1S/C12H21N3O/c1-6-12(4,7-2)15-10-8-11(16-5)14-9(3)13-10/h8H,6-7H2,1-5H3,(H,13,14,15). The Labute approximate surface area is 97.5 Å². The summed E-state index contributed by atoms with van der Waals surface area (Å²) in [5.41, 5.74) is 0.0752. The van der Waals surface area contributed by atoms with Gasteiger partial charge in [-0.25, -0.2) is 4.98 Å². The van der Waals surface area contributed by atoms with E-state index in [1.165, 1.54) is 0 Å². The molecule has 0 aliphatic carbocycles. The fraction of sp³-hybridized carbons (Fsp3) is 0.667. The minimum absolute atomic E-state index is 0.0752. The van der Waals surface area contributed by atoms with Crippen LogP contribution in [0.3, 0.4) is 0 Å². The van der Waals surface area contributed by atoms with Crippen LogP contribution in [0, 0.1) is 6.92 Å². The number of aromatic nitrogens is 2. The Balaban J connectivity index is 2.92. The molecule has 1 aromatic rings. The van der Waals surface area contributed by atoms with Crippen molar-refractivity contribution in [3.63, 3.8) is 0 Å². The van der Waals surface area contributed by atoms with Crippen LogP contribution in [0.5, 0.6) is 5.88 Å². The van der Waals surface area contributed by atoms with Crippen molar-refractivity contribution in [3.8, 4) is 5.88 Å². The van der Waals surface area contributed by atoms with E-state index in [9.17, 15) is 0 Å². The van der Waals surface area contributed by atoms with Gasteiger partial charge in [0.25, 0.3) is 0 Å². The van der Waals surface area contributed by atoms with E-state index in [1.54, 1.807) is 7.11 Å². The van der Waals surface area contributed by atoms with Gasteiger partial charge < -0.3 is 10.1 Å². The number of anilines is 1. The average molecular weight is 223 g/mol. The normalized spacial score (nSPS) is 11.3. The molecule has 0 atom stereocenters. The molecule has 0 fully saturated rings. The molecule has 1 aromatic heterocycles. The molecule has 0 unspecified atom stereocenters. The quantitative estimate of drug-likeness (QED) is 0.833. The van der Waals surface area contributed by atoms with E-state index in [0.29, 0.717) is 5.88 Å². The van der Waals surface area contributed by atoms with E-state index in [-0.39, 0.29) is 5.54 Å². The van der Waals surface area contributed by atoms with Gasteiger partial charge in [0.05, 0.1) is 7.11 Å². The van der Waals surface area contributed by atoms with E-state index in [2.05, 4.69) is 36.1 Å². The Morgan fingerprint density at radius 1 is 1.31 bits per heavy atom. The second-order valence-electron chi connectivity index (χ2n) is 4.24. The number of nitrogens with zero attached hydrogens (tertiary/aromatic N) is 2. The molecule has 4 heteroatoms. The predicted octanol–water partition coefficient (Wildman–Crippen LogP) is 2.78. The van der Waals surface area contributed by atoms with Crippen molar-refractivity contribution in [1.82, 2.24) is 9.97 Å². The van der Waals surface area contributed by atoms with Gasteiger partial charge in [-0.1, -0.05) is 13.8 Å². The Morgan fingerprint density at radius 3 is 2.44 bits per heavy atom. The molecule has 0 aliphatic rings. The van der Waals surface area contributed by atoms with Gasteiger partial charge in [-0.05, 0) is 26.7 Å². The second kappa shape index (κ2) is 5.14. The largest absolute Gasteiger partial charge is 0.481 e. The molecule has 0 bridgehead atoms. The van der Waals surface area contributed by atoms with Crippen molar-refractivity contribution in [2.45, 2.75) is 46.1 Å². The maximum absolute atomic E-state index is 5.13. The number of ether oxygens (including phenoxy) is 1. The molecule has 0 radical (unpaired) electrons. The molecule has 16 heavy (non-hydrogen) atoms. The summed E-state index contributed by atoms with van der Waals surface area (Å²) in [6.07, 6.45) is 2.10. The van der Waals surface area contributed by atoms with Gasteiger partial charge in [0.2, 0.25) is 5.88 Å². The first kappa shape index (κ1) is 12.7. The fourth-order valence-corrected chi connectivity index (χ4v) is 1.44. The van der Waals surface area contributed by atoms with Gasteiger partial charge >= 0.3 is 0 Å². The predicted molar refractivity (Wildman–Crippen MR) is 65.9 cm³/mol. The number of aryl methyl sites for hydroxylation is 1. The molecule has 0 saturated heterocycles. The molecule has 4 nitrogen and oxygen atoms in total. The maximum Gasteiger partial charge on any atom is 0.218 e. The van der Waals surface area contributed by atoms with Gasteiger partial charge in [-0.3, -0.25) is 0 Å². The van der Waals surface area contributed by atoms with E-state index >= 15 is 0 Å². The van der Waals surface area contributed by atoms with Crippen molar-refractivity contribution in [3.05, 3.63) is 11.9 Å². The smallest absolute Gasteiger partial charge is 0.218 e. The summed E-state index contributed by atoms with van der Waals surface area (Å²) >= 11 is 0. The SMILES string of the molecule is CCC(C)(CC)Nc1cc(OC)nc(C)n1. The van der Waals surface area contributed by atoms with Crippen LogP contribution in [0.1, 0.15) is 39.4 Å². The molecule has 90 valence electrons. The van der Waals surface area contributed by atoms with Crippen LogP contribution in [-0.4, -0.2) is 22.6 Å². The van der Waals surface area contributed by atoms with Crippen LogP contribution in [0.4, 0.5) is 5.82 Å². The minimum Gasteiger partial charge on any atom is -0.481 e. The lowest BCUT2D eigenvalue weighted by molar-refractivity contribution is 0.395. The summed E-state index contributed by atoms with van der Waals surface area (Å²) < 4.78 is 5.13. The molecule has 1 rings (SSSR count). The summed E-state index contributed by atoms with van der Waals surface area (Å²) in [5, 5.41) is 3.44. The number of rotatable bonds is 5. The number of methoxy groups -OCH3 is 1. The first-order valence-corrected chi connectivity index (χ1v) is 5.71. The number of hydrogen-bond donors (Lipinski definition) is 1. The van der Waals surface area contributed by atoms with E-state index in [4.69, 9.17) is 4.74 Å². The zero-order valence-corrected chi connectivity index (χ0v) is 10.8. The molecule has 1 N–H and O–H groups in total. The van der Waals surface area contributed by atoms with E-state index in [0.717, 1.165) is 24.5 Å². The Kier molecular flexibility index (Phi) is 4.10. The van der Waals surface area contributed by atoms with Gasteiger partial charge in [-0.2, -0.15) is 4.98 Å². The zero-order valence-electron chi connectivity index (χ0n) is 10.8. The summed E-state index contributed by atoms with van der Waals surface area (Å²) in [6.45, 7) is 8.39. The van der Waals surface area contributed by atoms with Crippen molar-refractivity contribution in [2.75, 3.05) is 12.4 Å².